The van der Waals surface area contributed by atoms with Crippen molar-refractivity contribution in [1.82, 2.24) is 0 Å². The van der Waals surface area contributed by atoms with Crippen molar-refractivity contribution in [2.75, 3.05) is 0 Å². The van der Waals surface area contributed by atoms with Gasteiger partial charge in [-0.25, -0.2) is 4.39 Å². The molecule has 3 aliphatic rings. The Morgan fingerprint density at radius 2 is 1.12 bits per heavy atom. The van der Waals surface area contributed by atoms with Gasteiger partial charge in [0.2, 0.25) is 0 Å². The van der Waals surface area contributed by atoms with E-state index in [9.17, 15) is 4.39 Å². The Kier molecular flexibility index (Phi) is 6.33. The first kappa shape index (κ1) is 18.5. The van der Waals surface area contributed by atoms with Crippen LogP contribution in [-0.4, -0.2) is 0 Å². The van der Waals surface area contributed by atoms with Crippen LogP contribution in [0.5, 0.6) is 0 Å². The predicted molar refractivity (Wildman–Crippen MR) is 108 cm³/mol. The van der Waals surface area contributed by atoms with Crippen LogP contribution in [0.2, 0.25) is 0 Å². The molecule has 1 aromatic rings. The molecule has 1 aromatic carbocycles. The van der Waals surface area contributed by atoms with Gasteiger partial charge in [-0.3, -0.25) is 0 Å². The Morgan fingerprint density at radius 1 is 0.615 bits per heavy atom. The minimum Gasteiger partial charge on any atom is -0.207 e. The van der Waals surface area contributed by atoms with Crippen molar-refractivity contribution in [3.63, 3.8) is 0 Å². The monoisotopic (exact) mass is 356 g/mol. The van der Waals surface area contributed by atoms with Gasteiger partial charge < -0.3 is 0 Å². The molecular formula is C25H37F. The van der Waals surface area contributed by atoms with Crippen molar-refractivity contribution >= 4 is 0 Å². The fraction of sp³-hybridized carbons (Fsp3) is 0.760. The molecule has 1 heteroatoms. The molecule has 0 spiro atoms. The third kappa shape index (κ3) is 4.70. The van der Waals surface area contributed by atoms with Crippen molar-refractivity contribution in [2.24, 2.45) is 23.7 Å². The Labute approximate surface area is 160 Å². The molecule has 0 unspecified atom stereocenters. The van der Waals surface area contributed by atoms with Crippen LogP contribution in [-0.2, 0) is 0 Å². The van der Waals surface area contributed by atoms with Crippen LogP contribution in [0.3, 0.4) is 0 Å². The average Bonchev–Trinajstić information content (AvgIpc) is 3.21. The molecule has 0 saturated heterocycles. The Morgan fingerprint density at radius 3 is 1.69 bits per heavy atom. The van der Waals surface area contributed by atoms with Gasteiger partial charge in [-0.2, -0.15) is 0 Å². The van der Waals surface area contributed by atoms with E-state index >= 15 is 0 Å². The highest BCUT2D eigenvalue weighted by atomic mass is 19.1. The van der Waals surface area contributed by atoms with E-state index in [1.807, 2.05) is 12.1 Å². The summed E-state index contributed by atoms with van der Waals surface area (Å²) < 4.78 is 13.1. The lowest BCUT2D eigenvalue weighted by Gasteiger charge is -2.38. The molecule has 4 rings (SSSR count). The minimum absolute atomic E-state index is 0.105. The Bertz CT molecular complexity index is 526. The summed E-state index contributed by atoms with van der Waals surface area (Å²) in [6.07, 6.45) is 20.5. The summed E-state index contributed by atoms with van der Waals surface area (Å²) in [4.78, 5) is 0. The summed E-state index contributed by atoms with van der Waals surface area (Å²) in [5.74, 6) is 4.67. The second-order valence-electron chi connectivity index (χ2n) is 9.67. The summed E-state index contributed by atoms with van der Waals surface area (Å²) in [5.41, 5.74) is 1.36. The van der Waals surface area contributed by atoms with E-state index in [0.717, 1.165) is 23.7 Å². The first-order valence-corrected chi connectivity index (χ1v) is 11.5. The number of hydrogen-bond acceptors (Lipinski definition) is 0. The first-order valence-electron chi connectivity index (χ1n) is 11.5. The lowest BCUT2D eigenvalue weighted by Crippen LogP contribution is -2.25. The lowest BCUT2D eigenvalue weighted by atomic mass is 9.68. The third-order valence-electron chi connectivity index (χ3n) is 8.13. The van der Waals surface area contributed by atoms with Gasteiger partial charge in [-0.05, 0) is 85.8 Å². The van der Waals surface area contributed by atoms with E-state index in [0.29, 0.717) is 5.92 Å². The van der Waals surface area contributed by atoms with Crippen molar-refractivity contribution in [2.45, 2.75) is 95.8 Å². The average molecular weight is 357 g/mol. The predicted octanol–water partition coefficient (Wildman–Crippen LogP) is 7.88. The zero-order chi connectivity index (χ0) is 17.8. The number of rotatable bonds is 5. The molecule has 0 amide bonds. The van der Waals surface area contributed by atoms with E-state index in [4.69, 9.17) is 0 Å². The summed E-state index contributed by atoms with van der Waals surface area (Å²) >= 11 is 0. The van der Waals surface area contributed by atoms with Crippen molar-refractivity contribution in [1.29, 1.82) is 0 Å². The van der Waals surface area contributed by atoms with Crippen LogP contribution in [0, 0.1) is 29.5 Å². The highest BCUT2D eigenvalue weighted by molar-refractivity contribution is 5.21. The van der Waals surface area contributed by atoms with Crippen LogP contribution in [0.4, 0.5) is 4.39 Å². The maximum absolute atomic E-state index is 13.1. The summed E-state index contributed by atoms with van der Waals surface area (Å²) in [5, 5.41) is 0. The van der Waals surface area contributed by atoms with Gasteiger partial charge >= 0.3 is 0 Å². The molecule has 0 bridgehead atoms. The standard InChI is InChI=1S/C25H37F/c26-25-17-15-24(16-18-25)23-13-11-22(12-14-23)21-9-7-20(8-10-21)6-5-19-3-1-2-4-19/h15-23H,1-14H2/t20-,21-,22-,23-. The van der Waals surface area contributed by atoms with Crippen molar-refractivity contribution in [3.05, 3.63) is 35.6 Å². The third-order valence-corrected chi connectivity index (χ3v) is 8.13. The molecule has 3 aliphatic carbocycles. The van der Waals surface area contributed by atoms with Crippen LogP contribution in [0.25, 0.3) is 0 Å². The molecule has 3 fully saturated rings. The second kappa shape index (κ2) is 8.89. The van der Waals surface area contributed by atoms with Gasteiger partial charge in [-0.1, -0.05) is 63.5 Å². The van der Waals surface area contributed by atoms with Crippen LogP contribution in [0.15, 0.2) is 24.3 Å². The molecular weight excluding hydrogens is 319 g/mol. The molecule has 144 valence electrons. The highest BCUT2D eigenvalue weighted by Gasteiger charge is 2.31. The summed E-state index contributed by atoms with van der Waals surface area (Å²) in [7, 11) is 0. The normalized spacial score (nSPS) is 33.4. The quantitative estimate of drug-likeness (QED) is 0.503. The molecule has 0 atom stereocenters. The Hall–Kier alpha value is -0.850. The maximum Gasteiger partial charge on any atom is 0.123 e. The largest absolute Gasteiger partial charge is 0.207 e. The van der Waals surface area contributed by atoms with Gasteiger partial charge in [-0.15, -0.1) is 0 Å². The number of hydrogen-bond donors (Lipinski definition) is 0. The first-order chi connectivity index (χ1) is 12.8. The van der Waals surface area contributed by atoms with Crippen LogP contribution < -0.4 is 0 Å². The van der Waals surface area contributed by atoms with E-state index in [2.05, 4.69) is 0 Å². The van der Waals surface area contributed by atoms with Gasteiger partial charge in [0.05, 0.1) is 0 Å². The molecule has 0 radical (unpaired) electrons. The van der Waals surface area contributed by atoms with E-state index in [-0.39, 0.29) is 5.82 Å². The number of benzene rings is 1. The second-order valence-corrected chi connectivity index (χ2v) is 9.67. The molecule has 0 aromatic heterocycles. The Balaban J connectivity index is 1.18. The molecule has 26 heavy (non-hydrogen) atoms. The lowest BCUT2D eigenvalue weighted by molar-refractivity contribution is 0.153. The van der Waals surface area contributed by atoms with Crippen molar-refractivity contribution < 1.29 is 4.39 Å². The zero-order valence-corrected chi connectivity index (χ0v) is 16.5. The highest BCUT2D eigenvalue weighted by Crippen LogP contribution is 2.45. The molecule has 0 N–H and O–H groups in total. The minimum atomic E-state index is -0.105. The smallest absolute Gasteiger partial charge is 0.123 e. The topological polar surface area (TPSA) is 0 Å². The number of halogens is 1. The zero-order valence-electron chi connectivity index (χ0n) is 16.5. The SMILES string of the molecule is Fc1ccc([C@H]2CC[C@H]([C@H]3CC[C@H](CCC4CCCC4)CC3)CC2)cc1. The van der Waals surface area contributed by atoms with Crippen LogP contribution >= 0.6 is 0 Å². The fourth-order valence-electron chi connectivity index (χ4n) is 6.38. The maximum atomic E-state index is 13.1. The van der Waals surface area contributed by atoms with Gasteiger partial charge in [0, 0.05) is 0 Å². The molecule has 0 heterocycles. The van der Waals surface area contributed by atoms with Gasteiger partial charge in [0.1, 0.15) is 5.82 Å². The molecule has 0 nitrogen and oxygen atoms in total. The van der Waals surface area contributed by atoms with E-state index in [1.165, 1.54) is 95.5 Å². The summed E-state index contributed by atoms with van der Waals surface area (Å²) in [6.45, 7) is 0. The van der Waals surface area contributed by atoms with E-state index < -0.39 is 0 Å². The fourth-order valence-corrected chi connectivity index (χ4v) is 6.38. The van der Waals surface area contributed by atoms with Gasteiger partial charge in [0.15, 0.2) is 0 Å². The van der Waals surface area contributed by atoms with Crippen molar-refractivity contribution in [3.8, 4) is 0 Å². The van der Waals surface area contributed by atoms with Crippen LogP contribution in [0.1, 0.15) is 101 Å². The van der Waals surface area contributed by atoms with Gasteiger partial charge in [0.25, 0.3) is 0 Å². The summed E-state index contributed by atoms with van der Waals surface area (Å²) in [6, 6.07) is 7.29. The molecule has 3 saturated carbocycles. The molecule has 0 aliphatic heterocycles. The van der Waals surface area contributed by atoms with E-state index in [1.54, 1.807) is 12.1 Å².